The highest BCUT2D eigenvalue weighted by molar-refractivity contribution is 9.10. The summed E-state index contributed by atoms with van der Waals surface area (Å²) < 4.78 is 5.50. The highest BCUT2D eigenvalue weighted by Crippen LogP contribution is 2.30. The zero-order chi connectivity index (χ0) is 10.0. The van der Waals surface area contributed by atoms with Crippen LogP contribution in [0.25, 0.3) is 0 Å². The maximum atomic E-state index is 8.90. The van der Waals surface area contributed by atoms with Gasteiger partial charge in [-0.05, 0) is 33.5 Å². The van der Waals surface area contributed by atoms with Gasteiger partial charge in [0.15, 0.2) is 0 Å². The van der Waals surface area contributed by atoms with Gasteiger partial charge in [0.1, 0.15) is 5.75 Å². The molecule has 6 heteroatoms. The van der Waals surface area contributed by atoms with E-state index in [1.165, 1.54) is 19.2 Å². The van der Waals surface area contributed by atoms with Gasteiger partial charge in [0.05, 0.1) is 12.1 Å². The first kappa shape index (κ1) is 10.9. The van der Waals surface area contributed by atoms with Gasteiger partial charge in [-0.1, -0.05) is 11.6 Å². The summed E-state index contributed by atoms with van der Waals surface area (Å²) in [6, 6.07) is 2.99. The van der Waals surface area contributed by atoms with E-state index in [-0.39, 0.29) is 0 Å². The molecule has 2 N–H and O–H groups in total. The second-order valence-corrected chi connectivity index (χ2v) is 3.62. The predicted molar refractivity (Wildman–Crippen MR) is 55.5 cm³/mol. The standard InChI is InChI=1S/C7H7BBrClO3/c1-13-6-3-4(8(11)12)2-5(9)7(6)10/h2-3,11-12H,1H3. The molecule has 0 spiro atoms. The predicted octanol–water partition coefficient (Wildman–Crippen LogP) is 0.791. The molecule has 0 bridgehead atoms. The Morgan fingerprint density at radius 3 is 2.54 bits per heavy atom. The normalized spacial score (nSPS) is 9.92. The molecule has 0 aliphatic carbocycles. The molecule has 0 radical (unpaired) electrons. The fourth-order valence-corrected chi connectivity index (χ4v) is 1.53. The summed E-state index contributed by atoms with van der Waals surface area (Å²) >= 11 is 9.01. The van der Waals surface area contributed by atoms with Crippen LogP contribution in [0.1, 0.15) is 0 Å². The molecule has 0 saturated carbocycles. The molecule has 1 aromatic carbocycles. The second-order valence-electron chi connectivity index (χ2n) is 2.39. The van der Waals surface area contributed by atoms with Crippen LogP contribution in [-0.2, 0) is 0 Å². The molecule has 0 saturated heterocycles. The van der Waals surface area contributed by atoms with E-state index in [1.807, 2.05) is 0 Å². The molecule has 13 heavy (non-hydrogen) atoms. The lowest BCUT2D eigenvalue weighted by molar-refractivity contribution is 0.412. The lowest BCUT2D eigenvalue weighted by Gasteiger charge is -2.07. The van der Waals surface area contributed by atoms with Crippen molar-refractivity contribution >= 4 is 40.1 Å². The van der Waals surface area contributed by atoms with Crippen molar-refractivity contribution in [3.8, 4) is 5.75 Å². The van der Waals surface area contributed by atoms with Gasteiger partial charge in [0.25, 0.3) is 0 Å². The minimum absolute atomic E-state index is 0.327. The summed E-state index contributed by atoms with van der Waals surface area (Å²) in [6.45, 7) is 0. The molecule has 3 nitrogen and oxygen atoms in total. The summed E-state index contributed by atoms with van der Waals surface area (Å²) in [4.78, 5) is 0. The van der Waals surface area contributed by atoms with E-state index in [1.54, 1.807) is 0 Å². The van der Waals surface area contributed by atoms with Crippen LogP contribution in [0.3, 0.4) is 0 Å². The highest BCUT2D eigenvalue weighted by Gasteiger charge is 2.15. The number of methoxy groups -OCH3 is 1. The van der Waals surface area contributed by atoms with Crippen molar-refractivity contribution < 1.29 is 14.8 Å². The van der Waals surface area contributed by atoms with Crippen LogP contribution in [-0.4, -0.2) is 24.3 Å². The molecular formula is C7H7BBrClO3. The van der Waals surface area contributed by atoms with Gasteiger partial charge in [-0.15, -0.1) is 0 Å². The van der Waals surface area contributed by atoms with E-state index in [4.69, 9.17) is 26.4 Å². The van der Waals surface area contributed by atoms with Gasteiger partial charge in [0.2, 0.25) is 0 Å². The van der Waals surface area contributed by atoms with Gasteiger partial charge in [-0.3, -0.25) is 0 Å². The van der Waals surface area contributed by atoms with E-state index >= 15 is 0 Å². The first-order valence-corrected chi connectivity index (χ1v) is 4.62. The number of hydrogen-bond acceptors (Lipinski definition) is 3. The van der Waals surface area contributed by atoms with Crippen molar-refractivity contribution in [2.24, 2.45) is 0 Å². The Kier molecular flexibility index (Phi) is 3.61. The molecule has 0 amide bonds. The quantitative estimate of drug-likeness (QED) is 0.777. The maximum absolute atomic E-state index is 8.90. The van der Waals surface area contributed by atoms with Crippen molar-refractivity contribution in [2.75, 3.05) is 7.11 Å². The topological polar surface area (TPSA) is 49.7 Å². The SMILES string of the molecule is COc1cc(B(O)O)cc(Br)c1Cl. The molecular weight excluding hydrogens is 258 g/mol. The molecule has 0 atom stereocenters. The van der Waals surface area contributed by atoms with Crippen LogP contribution < -0.4 is 10.2 Å². The van der Waals surface area contributed by atoms with Crippen LogP contribution in [0.5, 0.6) is 5.75 Å². The number of hydrogen-bond donors (Lipinski definition) is 2. The van der Waals surface area contributed by atoms with Crippen molar-refractivity contribution in [1.82, 2.24) is 0 Å². The molecule has 0 unspecified atom stereocenters. The number of benzene rings is 1. The Morgan fingerprint density at radius 1 is 1.46 bits per heavy atom. The van der Waals surface area contributed by atoms with Gasteiger partial charge in [-0.2, -0.15) is 0 Å². The van der Waals surface area contributed by atoms with Gasteiger partial charge < -0.3 is 14.8 Å². The number of rotatable bonds is 2. The fraction of sp³-hybridized carbons (Fsp3) is 0.143. The van der Waals surface area contributed by atoms with Crippen LogP contribution in [0, 0.1) is 0 Å². The minimum atomic E-state index is -1.53. The average molecular weight is 265 g/mol. The zero-order valence-corrected chi connectivity index (χ0v) is 9.13. The Bertz CT molecular complexity index is 319. The fourth-order valence-electron chi connectivity index (χ4n) is 0.881. The minimum Gasteiger partial charge on any atom is -0.495 e. The van der Waals surface area contributed by atoms with E-state index in [9.17, 15) is 0 Å². The zero-order valence-electron chi connectivity index (χ0n) is 6.79. The van der Waals surface area contributed by atoms with Crippen molar-refractivity contribution in [2.45, 2.75) is 0 Å². The summed E-state index contributed by atoms with van der Waals surface area (Å²) in [6.07, 6.45) is 0. The first-order valence-electron chi connectivity index (χ1n) is 3.45. The third kappa shape index (κ3) is 2.37. The number of halogens is 2. The van der Waals surface area contributed by atoms with Crippen LogP contribution in [0.2, 0.25) is 5.02 Å². The lowest BCUT2D eigenvalue weighted by Crippen LogP contribution is -2.29. The Balaban J connectivity index is 3.22. The molecule has 0 fully saturated rings. The molecule has 0 aliphatic rings. The molecule has 1 aromatic rings. The molecule has 0 heterocycles. The maximum Gasteiger partial charge on any atom is 0.488 e. The van der Waals surface area contributed by atoms with Crippen molar-refractivity contribution in [1.29, 1.82) is 0 Å². The summed E-state index contributed by atoms with van der Waals surface area (Å²) in [7, 11) is -0.0660. The van der Waals surface area contributed by atoms with Gasteiger partial charge in [0, 0.05) is 4.47 Å². The lowest BCUT2D eigenvalue weighted by atomic mass is 9.80. The second kappa shape index (κ2) is 4.33. The Hall–Kier alpha value is -0.225. The molecule has 70 valence electrons. The third-order valence-electron chi connectivity index (χ3n) is 1.54. The monoisotopic (exact) mass is 264 g/mol. The first-order chi connectivity index (χ1) is 6.06. The van der Waals surface area contributed by atoms with Crippen LogP contribution in [0.4, 0.5) is 0 Å². The van der Waals surface area contributed by atoms with Gasteiger partial charge in [-0.25, -0.2) is 0 Å². The largest absolute Gasteiger partial charge is 0.495 e. The Morgan fingerprint density at radius 2 is 2.08 bits per heavy atom. The van der Waals surface area contributed by atoms with E-state index in [2.05, 4.69) is 15.9 Å². The third-order valence-corrected chi connectivity index (χ3v) is 2.78. The van der Waals surface area contributed by atoms with Gasteiger partial charge >= 0.3 is 7.12 Å². The molecule has 0 aliphatic heterocycles. The highest BCUT2D eigenvalue weighted by atomic mass is 79.9. The van der Waals surface area contributed by atoms with E-state index < -0.39 is 7.12 Å². The molecule has 0 aromatic heterocycles. The summed E-state index contributed by atoms with van der Waals surface area (Å²) in [5, 5.41) is 18.2. The van der Waals surface area contributed by atoms with Crippen LogP contribution in [0.15, 0.2) is 16.6 Å². The number of ether oxygens (including phenoxy) is 1. The van der Waals surface area contributed by atoms with E-state index in [0.29, 0.717) is 20.7 Å². The van der Waals surface area contributed by atoms with E-state index in [0.717, 1.165) is 0 Å². The smallest absolute Gasteiger partial charge is 0.488 e. The molecule has 1 rings (SSSR count). The average Bonchev–Trinajstić information content (AvgIpc) is 2.09. The van der Waals surface area contributed by atoms with Crippen LogP contribution >= 0.6 is 27.5 Å². The van der Waals surface area contributed by atoms with Crippen molar-refractivity contribution in [3.05, 3.63) is 21.6 Å². The Labute approximate surface area is 89.6 Å². The van der Waals surface area contributed by atoms with Crippen molar-refractivity contribution in [3.63, 3.8) is 0 Å². The summed E-state index contributed by atoms with van der Waals surface area (Å²) in [5.41, 5.74) is 0.327. The summed E-state index contributed by atoms with van der Waals surface area (Å²) in [5.74, 6) is 0.402.